The summed E-state index contributed by atoms with van der Waals surface area (Å²) in [4.78, 5) is 65.6. The number of nitrogens with zero attached hydrogens (tertiary/aromatic N) is 1. The van der Waals surface area contributed by atoms with Crippen molar-refractivity contribution in [1.29, 1.82) is 0 Å². The van der Waals surface area contributed by atoms with Gasteiger partial charge in [0.05, 0.1) is 13.2 Å². The lowest BCUT2D eigenvalue weighted by Gasteiger charge is -2.37. The average Bonchev–Trinajstić information content (AvgIpc) is 3.52. The molecule has 1 saturated heterocycles. The molecule has 1 saturated carbocycles. The van der Waals surface area contributed by atoms with Crippen LogP contribution in [0, 0.1) is 10.8 Å². The van der Waals surface area contributed by atoms with Gasteiger partial charge in [0.2, 0.25) is 23.5 Å². The summed E-state index contributed by atoms with van der Waals surface area (Å²) in [5.74, 6) is -6.28. The lowest BCUT2D eigenvalue weighted by Crippen LogP contribution is -2.61. The van der Waals surface area contributed by atoms with Crippen molar-refractivity contribution in [3.63, 3.8) is 0 Å². The highest BCUT2D eigenvalue weighted by Gasteiger charge is 2.50. The molecule has 0 aromatic heterocycles. The van der Waals surface area contributed by atoms with Gasteiger partial charge in [-0.05, 0) is 43.4 Å². The van der Waals surface area contributed by atoms with Gasteiger partial charge in [-0.15, -0.1) is 0 Å². The summed E-state index contributed by atoms with van der Waals surface area (Å²) in [6.07, 6.45) is -0.0653. The van der Waals surface area contributed by atoms with E-state index in [-0.39, 0.29) is 12.6 Å². The van der Waals surface area contributed by atoms with Gasteiger partial charge in [-0.25, -0.2) is 13.6 Å². The van der Waals surface area contributed by atoms with Crippen molar-refractivity contribution in [1.82, 2.24) is 20.9 Å². The fraction of sp³-hybridized carbons (Fsp3) is 0.800. The van der Waals surface area contributed by atoms with E-state index in [4.69, 9.17) is 0 Å². The molecule has 0 unspecified atom stereocenters. The van der Waals surface area contributed by atoms with E-state index in [0.717, 1.165) is 12.8 Å². The Hall–Kier alpha value is -2.79. The van der Waals surface area contributed by atoms with Crippen LogP contribution in [0.15, 0.2) is 0 Å². The maximum absolute atomic E-state index is 13.6. The van der Waals surface area contributed by atoms with Crippen LogP contribution in [0.1, 0.15) is 73.6 Å². The van der Waals surface area contributed by atoms with Crippen molar-refractivity contribution in [2.75, 3.05) is 13.7 Å². The topological polar surface area (TPSA) is 134 Å². The molecule has 1 heterocycles. The third kappa shape index (κ3) is 8.36. The minimum atomic E-state index is -3.11. The van der Waals surface area contributed by atoms with Gasteiger partial charge in [-0.3, -0.25) is 19.2 Å². The summed E-state index contributed by atoms with van der Waals surface area (Å²) in [6, 6.07) is -3.69. The Bertz CT molecular complexity index is 908. The normalized spacial score (nSPS) is 21.0. The Labute approximate surface area is 216 Å². The number of nitrogens with one attached hydrogen (secondary N) is 3. The van der Waals surface area contributed by atoms with Gasteiger partial charge in [-0.1, -0.05) is 34.6 Å². The molecule has 12 heteroatoms. The first kappa shape index (κ1) is 30.4. The van der Waals surface area contributed by atoms with Crippen molar-refractivity contribution < 1.29 is 37.5 Å². The van der Waals surface area contributed by atoms with E-state index in [0.29, 0.717) is 13.3 Å². The monoisotopic (exact) mass is 530 g/mol. The Morgan fingerprint density at radius 3 is 2.14 bits per heavy atom. The van der Waals surface area contributed by atoms with Gasteiger partial charge in [0.1, 0.15) is 12.1 Å². The number of likely N-dealkylation sites (tertiary alicyclic amines) is 1. The van der Waals surface area contributed by atoms with Crippen LogP contribution in [0.3, 0.4) is 0 Å². The number of ether oxygens (including phenoxy) is 1. The van der Waals surface area contributed by atoms with Crippen molar-refractivity contribution in [2.45, 2.75) is 104 Å². The molecule has 3 atom stereocenters. The number of amides is 4. The Morgan fingerprint density at radius 2 is 1.65 bits per heavy atom. The number of alkyl carbamates (subject to hydrolysis) is 1. The van der Waals surface area contributed by atoms with Crippen molar-refractivity contribution >= 4 is 29.6 Å². The highest BCUT2D eigenvalue weighted by atomic mass is 19.3. The van der Waals surface area contributed by atoms with Gasteiger partial charge in [0.15, 0.2) is 0 Å². The lowest BCUT2D eigenvalue weighted by molar-refractivity contribution is -0.145. The molecular weight excluding hydrogens is 490 g/mol. The third-order valence-electron chi connectivity index (χ3n) is 6.78. The Balaban J connectivity index is 2.30. The zero-order valence-corrected chi connectivity index (χ0v) is 22.7. The van der Waals surface area contributed by atoms with Crippen LogP contribution in [0.5, 0.6) is 0 Å². The molecule has 1 aliphatic heterocycles. The summed E-state index contributed by atoms with van der Waals surface area (Å²) in [7, 11) is 1.17. The molecule has 0 spiro atoms. The lowest BCUT2D eigenvalue weighted by atomic mass is 9.82. The van der Waals surface area contributed by atoms with Gasteiger partial charge in [0.25, 0.3) is 5.91 Å². The van der Waals surface area contributed by atoms with E-state index in [2.05, 4.69) is 20.7 Å². The van der Waals surface area contributed by atoms with E-state index >= 15 is 0 Å². The van der Waals surface area contributed by atoms with Gasteiger partial charge in [0, 0.05) is 19.0 Å². The third-order valence-corrected chi connectivity index (χ3v) is 6.78. The number of ketones is 1. The molecule has 1 aliphatic carbocycles. The van der Waals surface area contributed by atoms with Gasteiger partial charge < -0.3 is 25.6 Å². The molecule has 0 radical (unpaired) electrons. The predicted molar refractivity (Wildman–Crippen MR) is 131 cm³/mol. The number of hydrogen-bond acceptors (Lipinski definition) is 6. The smallest absolute Gasteiger partial charge is 0.407 e. The molecule has 2 fully saturated rings. The fourth-order valence-electron chi connectivity index (χ4n) is 4.38. The van der Waals surface area contributed by atoms with E-state index in [1.54, 1.807) is 34.6 Å². The summed E-state index contributed by atoms with van der Waals surface area (Å²) in [6.45, 7) is 9.71. The number of Topliss-reactive ketones (excluding diaryl/α,β-unsaturated/α-hetero) is 1. The van der Waals surface area contributed by atoms with E-state index in [1.807, 2.05) is 0 Å². The maximum atomic E-state index is 13.6. The molecule has 37 heavy (non-hydrogen) atoms. The van der Waals surface area contributed by atoms with Crippen LogP contribution >= 0.6 is 0 Å². The van der Waals surface area contributed by atoms with E-state index < -0.39 is 77.3 Å². The summed E-state index contributed by atoms with van der Waals surface area (Å²) in [5, 5.41) is 7.55. The molecule has 3 N–H and O–H groups in total. The number of halogens is 2. The standard InChI is InChI=1S/C25H40F2N4O6/c1-23(2,3)17(30-22(36)37-7)21(35)31-13-12-24(4,5)18(31)20(34)29-15(10-11-25(6,26)27)16(32)19(33)28-14-8-9-14/h14-15,17-18H,8-13H2,1-7H3,(H,28,33)(H,29,34)(H,30,36)/t15-,17+,18-/m0/s1. The minimum absolute atomic E-state index is 0.126. The zero-order chi connectivity index (χ0) is 28.3. The second-order valence-electron chi connectivity index (χ2n) is 11.9. The van der Waals surface area contributed by atoms with Crippen molar-refractivity contribution in [3.8, 4) is 0 Å². The zero-order valence-electron chi connectivity index (χ0n) is 22.7. The van der Waals surface area contributed by atoms with Crippen molar-refractivity contribution in [3.05, 3.63) is 0 Å². The average molecular weight is 531 g/mol. The number of carbonyl (C=O) groups is 5. The summed E-state index contributed by atoms with van der Waals surface area (Å²) < 4.78 is 31.9. The second kappa shape index (κ2) is 11.3. The molecule has 2 rings (SSSR count). The van der Waals surface area contributed by atoms with Crippen LogP contribution in [-0.2, 0) is 23.9 Å². The van der Waals surface area contributed by atoms with Crippen LogP contribution in [0.25, 0.3) is 0 Å². The number of methoxy groups -OCH3 is 1. The highest BCUT2D eigenvalue weighted by molar-refractivity contribution is 6.38. The van der Waals surface area contributed by atoms with Gasteiger partial charge >= 0.3 is 6.09 Å². The number of alkyl halides is 2. The SMILES string of the molecule is COC(=O)N[C@H](C(=O)N1CCC(C)(C)[C@@H]1C(=O)N[C@@H](CCC(C)(F)F)C(=O)C(=O)NC1CC1)C(C)(C)C. The minimum Gasteiger partial charge on any atom is -0.453 e. The predicted octanol–water partition coefficient (Wildman–Crippen LogP) is 2.15. The highest BCUT2D eigenvalue weighted by Crippen LogP contribution is 2.38. The van der Waals surface area contributed by atoms with Gasteiger partial charge in [-0.2, -0.15) is 0 Å². The first-order valence-electron chi connectivity index (χ1n) is 12.6. The summed E-state index contributed by atoms with van der Waals surface area (Å²) >= 11 is 0. The Morgan fingerprint density at radius 1 is 1.05 bits per heavy atom. The molecule has 2 aliphatic rings. The van der Waals surface area contributed by atoms with Crippen LogP contribution in [0.4, 0.5) is 13.6 Å². The first-order valence-corrected chi connectivity index (χ1v) is 12.6. The Kier molecular flexibility index (Phi) is 9.30. The molecule has 10 nitrogen and oxygen atoms in total. The quantitative estimate of drug-likeness (QED) is 0.371. The molecule has 0 aromatic carbocycles. The number of rotatable bonds is 10. The molecular formula is C25H40F2N4O6. The van der Waals surface area contributed by atoms with Crippen LogP contribution < -0.4 is 16.0 Å². The molecule has 0 bridgehead atoms. The molecule has 210 valence electrons. The maximum Gasteiger partial charge on any atom is 0.407 e. The molecule has 4 amide bonds. The largest absolute Gasteiger partial charge is 0.453 e. The second-order valence-corrected chi connectivity index (χ2v) is 11.9. The van der Waals surface area contributed by atoms with E-state index in [9.17, 15) is 32.8 Å². The number of carbonyl (C=O) groups excluding carboxylic acids is 5. The summed E-state index contributed by atoms with van der Waals surface area (Å²) in [5.41, 5.74) is -1.46. The van der Waals surface area contributed by atoms with Crippen LogP contribution in [-0.4, -0.2) is 78.2 Å². The van der Waals surface area contributed by atoms with Crippen molar-refractivity contribution in [2.24, 2.45) is 10.8 Å². The fourth-order valence-corrected chi connectivity index (χ4v) is 4.38. The number of hydrogen-bond donors (Lipinski definition) is 3. The van der Waals surface area contributed by atoms with Crippen LogP contribution in [0.2, 0.25) is 0 Å². The van der Waals surface area contributed by atoms with E-state index in [1.165, 1.54) is 12.0 Å². The first-order chi connectivity index (χ1) is 16.9. The molecule has 0 aromatic rings.